The molecule has 0 bridgehead atoms. The number of hydrogen-bond acceptors (Lipinski definition) is 4. The van der Waals surface area contributed by atoms with E-state index in [9.17, 15) is 19.1 Å². The highest BCUT2D eigenvalue weighted by Gasteiger charge is 2.46. The summed E-state index contributed by atoms with van der Waals surface area (Å²) in [6.07, 6.45) is 3.11. The molecule has 1 amide bonds. The van der Waals surface area contributed by atoms with E-state index < -0.39 is 28.9 Å². The van der Waals surface area contributed by atoms with Crippen LogP contribution in [-0.2, 0) is 9.59 Å². The van der Waals surface area contributed by atoms with Crippen LogP contribution in [0.4, 0.5) is 10.1 Å². The lowest BCUT2D eigenvalue weighted by atomic mass is 9.82. The van der Waals surface area contributed by atoms with Crippen molar-refractivity contribution in [3.05, 3.63) is 71.5 Å². The number of aliphatic hydroxyl groups excluding tert-OH is 1. The molecular formula is C20H19FN2O3. The molecule has 0 saturated carbocycles. The van der Waals surface area contributed by atoms with Gasteiger partial charge in [-0.05, 0) is 42.0 Å². The number of aromatic nitrogens is 1. The summed E-state index contributed by atoms with van der Waals surface area (Å²) in [5.74, 6) is -2.03. The summed E-state index contributed by atoms with van der Waals surface area (Å²) in [5, 5.41) is 10.5. The Balaban J connectivity index is 2.19. The Labute approximate surface area is 150 Å². The summed E-state index contributed by atoms with van der Waals surface area (Å²) in [7, 11) is 0. The van der Waals surface area contributed by atoms with Crippen molar-refractivity contribution < 1.29 is 19.1 Å². The molecule has 134 valence electrons. The lowest BCUT2D eigenvalue weighted by Crippen LogP contribution is -2.32. The first-order valence-electron chi connectivity index (χ1n) is 8.19. The number of rotatable bonds is 3. The molecule has 0 fully saturated rings. The first kappa shape index (κ1) is 17.8. The largest absolute Gasteiger partial charge is 0.503 e. The SMILES string of the molecule is CC(C)(C)C(=O)C1=C(O)C(=O)N(c2ccc(F)cc2)C1c1ccncc1. The van der Waals surface area contributed by atoms with E-state index in [1.54, 1.807) is 45.3 Å². The molecule has 1 aliphatic rings. The molecule has 26 heavy (non-hydrogen) atoms. The van der Waals surface area contributed by atoms with Gasteiger partial charge in [0.15, 0.2) is 11.5 Å². The Bertz CT molecular complexity index is 884. The third-order valence-electron chi connectivity index (χ3n) is 4.26. The predicted molar refractivity (Wildman–Crippen MR) is 95.0 cm³/mol. The van der Waals surface area contributed by atoms with E-state index in [0.717, 1.165) is 0 Å². The Morgan fingerprint density at radius 3 is 2.23 bits per heavy atom. The molecule has 0 radical (unpaired) electrons. The fourth-order valence-corrected chi connectivity index (χ4v) is 2.97. The number of halogens is 1. The van der Waals surface area contributed by atoms with Gasteiger partial charge in [-0.1, -0.05) is 20.8 Å². The van der Waals surface area contributed by atoms with Gasteiger partial charge in [-0.2, -0.15) is 0 Å². The fraction of sp³-hybridized carbons (Fsp3) is 0.250. The molecule has 1 aromatic carbocycles. The second kappa shape index (κ2) is 6.37. The number of nitrogens with zero attached hydrogens (tertiary/aromatic N) is 2. The minimum atomic E-state index is -0.803. The van der Waals surface area contributed by atoms with Gasteiger partial charge in [-0.25, -0.2) is 4.39 Å². The summed E-state index contributed by atoms with van der Waals surface area (Å²) < 4.78 is 13.3. The number of ketones is 1. The summed E-state index contributed by atoms with van der Waals surface area (Å²) in [6, 6.07) is 7.91. The van der Waals surface area contributed by atoms with Crippen LogP contribution in [0.3, 0.4) is 0 Å². The average molecular weight is 354 g/mol. The Hall–Kier alpha value is -3.02. The van der Waals surface area contributed by atoms with E-state index in [1.807, 2.05) is 0 Å². The van der Waals surface area contributed by atoms with Gasteiger partial charge >= 0.3 is 0 Å². The van der Waals surface area contributed by atoms with Gasteiger partial charge in [0.05, 0.1) is 11.6 Å². The van der Waals surface area contributed by atoms with E-state index in [0.29, 0.717) is 11.3 Å². The topological polar surface area (TPSA) is 70.5 Å². The molecule has 1 aromatic heterocycles. The second-order valence-electron chi connectivity index (χ2n) is 7.18. The van der Waals surface area contributed by atoms with E-state index in [1.165, 1.54) is 29.2 Å². The molecule has 0 saturated heterocycles. The standard InChI is InChI=1S/C20H19FN2O3/c1-20(2,3)18(25)15-16(12-8-10-22-11-9-12)23(19(26)17(15)24)14-6-4-13(21)5-7-14/h4-11,16,24H,1-3H3. The molecule has 0 aliphatic carbocycles. The van der Waals surface area contributed by atoms with Crippen LogP contribution >= 0.6 is 0 Å². The number of aliphatic hydroxyl groups is 1. The van der Waals surface area contributed by atoms with Crippen molar-refractivity contribution in [3.63, 3.8) is 0 Å². The van der Waals surface area contributed by atoms with Gasteiger partial charge < -0.3 is 5.11 Å². The van der Waals surface area contributed by atoms with Crippen LogP contribution in [-0.4, -0.2) is 21.8 Å². The third-order valence-corrected chi connectivity index (χ3v) is 4.26. The highest BCUT2D eigenvalue weighted by molar-refractivity contribution is 6.17. The van der Waals surface area contributed by atoms with Crippen LogP contribution in [0, 0.1) is 11.2 Å². The quantitative estimate of drug-likeness (QED) is 0.912. The van der Waals surface area contributed by atoms with E-state index in [2.05, 4.69) is 4.98 Å². The van der Waals surface area contributed by atoms with E-state index >= 15 is 0 Å². The smallest absolute Gasteiger partial charge is 0.294 e. The Morgan fingerprint density at radius 1 is 1.12 bits per heavy atom. The average Bonchev–Trinajstić information content (AvgIpc) is 2.86. The lowest BCUT2D eigenvalue weighted by Gasteiger charge is -2.28. The van der Waals surface area contributed by atoms with Gasteiger partial charge in [-0.15, -0.1) is 0 Å². The number of benzene rings is 1. The zero-order chi connectivity index (χ0) is 19.1. The van der Waals surface area contributed by atoms with E-state index in [-0.39, 0.29) is 11.4 Å². The van der Waals surface area contributed by atoms with Crippen LogP contribution in [0.5, 0.6) is 0 Å². The predicted octanol–water partition coefficient (Wildman–Crippen LogP) is 3.74. The number of hydrogen-bond donors (Lipinski definition) is 1. The minimum absolute atomic E-state index is 0.0398. The molecular weight excluding hydrogens is 335 g/mol. The fourth-order valence-electron chi connectivity index (χ4n) is 2.97. The van der Waals surface area contributed by atoms with Crippen LogP contribution in [0.1, 0.15) is 32.4 Å². The number of carbonyl (C=O) groups excluding carboxylic acids is 2. The highest BCUT2D eigenvalue weighted by atomic mass is 19.1. The molecule has 5 nitrogen and oxygen atoms in total. The van der Waals surface area contributed by atoms with Crippen molar-refractivity contribution in [1.29, 1.82) is 0 Å². The first-order valence-corrected chi connectivity index (χ1v) is 8.19. The second-order valence-corrected chi connectivity index (χ2v) is 7.18. The normalized spacial score (nSPS) is 17.8. The maximum absolute atomic E-state index is 13.3. The van der Waals surface area contributed by atoms with Gasteiger partial charge in [0.25, 0.3) is 5.91 Å². The van der Waals surface area contributed by atoms with Crippen molar-refractivity contribution in [3.8, 4) is 0 Å². The third kappa shape index (κ3) is 2.98. The summed E-state index contributed by atoms with van der Waals surface area (Å²) in [5.41, 5.74) is 0.280. The van der Waals surface area contributed by atoms with Crippen LogP contribution in [0.15, 0.2) is 60.1 Å². The molecule has 1 unspecified atom stereocenters. The lowest BCUT2D eigenvalue weighted by molar-refractivity contribution is -0.123. The number of pyridine rings is 1. The number of amides is 1. The zero-order valence-corrected chi connectivity index (χ0v) is 14.7. The molecule has 1 atom stereocenters. The van der Waals surface area contributed by atoms with Crippen molar-refractivity contribution in [2.24, 2.45) is 5.41 Å². The number of carbonyl (C=O) groups is 2. The summed E-state index contributed by atoms with van der Waals surface area (Å²) in [6.45, 7) is 5.18. The van der Waals surface area contributed by atoms with Crippen LogP contribution < -0.4 is 4.90 Å². The molecule has 2 heterocycles. The molecule has 3 rings (SSSR count). The van der Waals surface area contributed by atoms with Gasteiger partial charge in [0, 0.05) is 23.5 Å². The van der Waals surface area contributed by atoms with Gasteiger partial charge in [0.1, 0.15) is 5.82 Å². The molecule has 6 heteroatoms. The molecule has 1 N–H and O–H groups in total. The highest BCUT2D eigenvalue weighted by Crippen LogP contribution is 2.43. The van der Waals surface area contributed by atoms with Crippen molar-refractivity contribution in [2.75, 3.05) is 4.90 Å². The first-order chi connectivity index (χ1) is 12.2. The molecule has 1 aliphatic heterocycles. The monoisotopic (exact) mass is 354 g/mol. The molecule has 2 aromatic rings. The zero-order valence-electron chi connectivity index (χ0n) is 14.7. The summed E-state index contributed by atoms with van der Waals surface area (Å²) in [4.78, 5) is 31.0. The van der Waals surface area contributed by atoms with Crippen molar-refractivity contribution in [2.45, 2.75) is 26.8 Å². The number of anilines is 1. The minimum Gasteiger partial charge on any atom is -0.503 e. The maximum atomic E-state index is 13.3. The van der Waals surface area contributed by atoms with Gasteiger partial charge in [0.2, 0.25) is 0 Å². The summed E-state index contributed by atoms with van der Waals surface area (Å²) >= 11 is 0. The number of Topliss-reactive ketones (excluding diaryl/α,β-unsaturated/α-hetero) is 1. The van der Waals surface area contributed by atoms with Crippen molar-refractivity contribution in [1.82, 2.24) is 4.98 Å². The van der Waals surface area contributed by atoms with Crippen LogP contribution in [0.2, 0.25) is 0 Å². The maximum Gasteiger partial charge on any atom is 0.294 e. The van der Waals surface area contributed by atoms with Crippen LogP contribution in [0.25, 0.3) is 0 Å². The van der Waals surface area contributed by atoms with Gasteiger partial charge in [-0.3, -0.25) is 19.5 Å². The van der Waals surface area contributed by atoms with Crippen molar-refractivity contribution >= 4 is 17.4 Å². The molecule has 0 spiro atoms. The Morgan fingerprint density at radius 2 is 1.69 bits per heavy atom. The van der Waals surface area contributed by atoms with E-state index in [4.69, 9.17) is 0 Å². The Kier molecular flexibility index (Phi) is 4.36.